The van der Waals surface area contributed by atoms with E-state index in [1.54, 1.807) is 41.7 Å². The van der Waals surface area contributed by atoms with Gasteiger partial charge in [-0.15, -0.1) is 10.2 Å². The molecule has 7 rings (SSSR count). The van der Waals surface area contributed by atoms with Crippen LogP contribution in [0.5, 0.6) is 0 Å². The van der Waals surface area contributed by atoms with Crippen LogP contribution < -0.4 is 11.1 Å². The summed E-state index contributed by atoms with van der Waals surface area (Å²) in [7, 11) is 0. The van der Waals surface area contributed by atoms with Crippen LogP contribution in [0.25, 0.3) is 27.7 Å². The number of nitrogens with one attached hydrogen (secondary N) is 1. The van der Waals surface area contributed by atoms with Gasteiger partial charge in [0.15, 0.2) is 0 Å². The Balaban J connectivity index is 1.32. The number of amides is 1. The van der Waals surface area contributed by atoms with Crippen molar-refractivity contribution in [2.75, 3.05) is 5.73 Å². The minimum absolute atomic E-state index is 0.234. The molecule has 1 aliphatic rings. The number of aryl methyl sites for hydroxylation is 1. The summed E-state index contributed by atoms with van der Waals surface area (Å²) in [5, 5.41) is 12.6. The molecule has 1 atom stereocenters. The molecule has 4 heterocycles. The van der Waals surface area contributed by atoms with Crippen molar-refractivity contribution in [3.8, 4) is 16.8 Å². The Hall–Kier alpha value is -5.02. The van der Waals surface area contributed by atoms with Gasteiger partial charge in [-0.1, -0.05) is 53.6 Å². The van der Waals surface area contributed by atoms with E-state index in [0.717, 1.165) is 45.3 Å². The molecule has 1 aliphatic heterocycles. The van der Waals surface area contributed by atoms with Crippen LogP contribution in [0.15, 0.2) is 91.8 Å². The van der Waals surface area contributed by atoms with Crippen LogP contribution in [0.1, 0.15) is 33.6 Å². The summed E-state index contributed by atoms with van der Waals surface area (Å²) in [4.78, 5) is 22.5. The smallest absolute Gasteiger partial charge is 0.253 e. The van der Waals surface area contributed by atoms with E-state index in [1.807, 2.05) is 24.3 Å². The average molecular weight is 575 g/mol. The molecular formula is C32H27ClN8O. The third-order valence-corrected chi connectivity index (χ3v) is 8.41. The van der Waals surface area contributed by atoms with Gasteiger partial charge in [-0.3, -0.25) is 9.36 Å². The predicted molar refractivity (Wildman–Crippen MR) is 162 cm³/mol. The second-order valence-corrected chi connectivity index (χ2v) is 11.1. The summed E-state index contributed by atoms with van der Waals surface area (Å²) in [6.07, 6.45) is 8.16. The number of hydrogen-bond donors (Lipinski definition) is 2. The highest BCUT2D eigenvalue weighted by molar-refractivity contribution is 6.34. The van der Waals surface area contributed by atoms with Crippen LogP contribution in [0, 0.1) is 6.92 Å². The van der Waals surface area contributed by atoms with E-state index < -0.39 is 5.54 Å². The van der Waals surface area contributed by atoms with Crippen molar-refractivity contribution in [1.29, 1.82) is 0 Å². The molecule has 0 unspecified atom stereocenters. The molecule has 0 fully saturated rings. The van der Waals surface area contributed by atoms with Crippen molar-refractivity contribution in [3.63, 3.8) is 0 Å². The molecule has 0 saturated heterocycles. The van der Waals surface area contributed by atoms with Gasteiger partial charge in [0.2, 0.25) is 5.95 Å². The molecule has 3 aromatic carbocycles. The molecule has 0 aliphatic carbocycles. The van der Waals surface area contributed by atoms with Crippen LogP contribution in [0.3, 0.4) is 0 Å². The monoisotopic (exact) mass is 574 g/mol. The average Bonchev–Trinajstić information content (AvgIpc) is 3.64. The zero-order valence-corrected chi connectivity index (χ0v) is 23.6. The number of rotatable bonds is 5. The first-order chi connectivity index (χ1) is 20.4. The Morgan fingerprint density at radius 1 is 1.00 bits per heavy atom. The Labute approximate surface area is 247 Å². The lowest BCUT2D eigenvalue weighted by Gasteiger charge is -2.40. The Morgan fingerprint density at radius 3 is 2.50 bits per heavy atom. The maximum atomic E-state index is 13.9. The number of benzene rings is 3. The zero-order valence-electron chi connectivity index (χ0n) is 22.8. The minimum Gasteiger partial charge on any atom is -0.368 e. The van der Waals surface area contributed by atoms with E-state index in [0.29, 0.717) is 23.6 Å². The van der Waals surface area contributed by atoms with Crippen LogP contribution >= 0.6 is 11.6 Å². The van der Waals surface area contributed by atoms with Gasteiger partial charge in [-0.25, -0.2) is 9.97 Å². The summed E-state index contributed by atoms with van der Waals surface area (Å²) < 4.78 is 4.07. The van der Waals surface area contributed by atoms with E-state index in [4.69, 9.17) is 17.3 Å². The second-order valence-electron chi connectivity index (χ2n) is 10.7. The maximum Gasteiger partial charge on any atom is 0.253 e. The third-order valence-electron chi connectivity index (χ3n) is 8.10. The van der Waals surface area contributed by atoms with Crippen molar-refractivity contribution in [3.05, 3.63) is 119 Å². The summed E-state index contributed by atoms with van der Waals surface area (Å²) in [5.74, 6) is 0.00794. The fourth-order valence-corrected chi connectivity index (χ4v) is 6.33. The molecule has 42 heavy (non-hydrogen) atoms. The Bertz CT molecular complexity index is 1930. The minimum atomic E-state index is -0.673. The quantitative estimate of drug-likeness (QED) is 0.281. The topological polar surface area (TPSA) is 117 Å². The molecule has 208 valence electrons. The molecule has 1 amide bonds. The third kappa shape index (κ3) is 4.38. The fraction of sp³-hybridized carbons (Fsp3) is 0.156. The van der Waals surface area contributed by atoms with Gasteiger partial charge in [0, 0.05) is 45.8 Å². The number of nitrogens with two attached hydrogens (primary N) is 1. The number of fused-ring (bicyclic) bond motifs is 3. The van der Waals surface area contributed by atoms with Crippen LogP contribution in [0.4, 0.5) is 5.95 Å². The van der Waals surface area contributed by atoms with Gasteiger partial charge >= 0.3 is 0 Å². The van der Waals surface area contributed by atoms with Gasteiger partial charge in [-0.2, -0.15) is 0 Å². The van der Waals surface area contributed by atoms with E-state index in [2.05, 4.69) is 67.3 Å². The molecule has 0 spiro atoms. The largest absolute Gasteiger partial charge is 0.368 e. The van der Waals surface area contributed by atoms with Gasteiger partial charge in [0.25, 0.3) is 5.91 Å². The van der Waals surface area contributed by atoms with Gasteiger partial charge in [0.1, 0.15) is 12.7 Å². The highest BCUT2D eigenvalue weighted by Gasteiger charge is 2.40. The lowest BCUT2D eigenvalue weighted by Crippen LogP contribution is -2.51. The maximum absolute atomic E-state index is 13.9. The molecule has 9 nitrogen and oxygen atoms in total. The molecular weight excluding hydrogens is 548 g/mol. The highest BCUT2D eigenvalue weighted by atomic mass is 35.5. The zero-order chi connectivity index (χ0) is 28.8. The van der Waals surface area contributed by atoms with Gasteiger partial charge in [0.05, 0.1) is 22.7 Å². The normalized spacial score (nSPS) is 16.3. The molecule has 0 saturated carbocycles. The number of nitrogen functional groups attached to an aromatic ring is 1. The van der Waals surface area contributed by atoms with Gasteiger partial charge < -0.3 is 15.6 Å². The first kappa shape index (κ1) is 25.9. The van der Waals surface area contributed by atoms with Crippen molar-refractivity contribution < 1.29 is 4.79 Å². The van der Waals surface area contributed by atoms with Crippen LogP contribution in [-0.4, -0.2) is 35.2 Å². The first-order valence-corrected chi connectivity index (χ1v) is 14.0. The first-order valence-electron chi connectivity index (χ1n) is 13.6. The number of nitrogens with zero attached hydrogens (tertiary/aromatic N) is 6. The van der Waals surface area contributed by atoms with E-state index in [9.17, 15) is 4.79 Å². The SMILES string of the molecule is Cc1ccc2c(c1)c(-c1cnc(N)nc1)c1n2C[C@@](NC(=O)c2ccc(-n3cnnc3)cc2Cl)(c2ccccc2)CC1. The van der Waals surface area contributed by atoms with Crippen molar-refractivity contribution in [1.82, 2.24) is 34.6 Å². The van der Waals surface area contributed by atoms with Crippen molar-refractivity contribution in [2.24, 2.45) is 0 Å². The molecule has 6 aromatic rings. The number of halogens is 1. The summed E-state index contributed by atoms with van der Waals surface area (Å²) in [6, 6.07) is 22.0. The number of carbonyl (C=O) groups is 1. The van der Waals surface area contributed by atoms with E-state index in [1.165, 1.54) is 5.69 Å². The number of anilines is 1. The molecule has 10 heteroatoms. The van der Waals surface area contributed by atoms with E-state index in [-0.39, 0.29) is 11.9 Å². The molecule has 0 bridgehead atoms. The predicted octanol–water partition coefficient (Wildman–Crippen LogP) is 5.49. The van der Waals surface area contributed by atoms with Crippen molar-refractivity contribution >= 4 is 34.4 Å². The summed E-state index contributed by atoms with van der Waals surface area (Å²) in [5.41, 5.74) is 12.8. The number of aromatic nitrogens is 6. The van der Waals surface area contributed by atoms with Crippen LogP contribution in [0.2, 0.25) is 5.02 Å². The van der Waals surface area contributed by atoms with E-state index >= 15 is 0 Å². The lowest BCUT2D eigenvalue weighted by molar-refractivity contribution is 0.0868. The van der Waals surface area contributed by atoms with Gasteiger partial charge in [-0.05, 0) is 55.7 Å². The number of carbonyl (C=O) groups excluding carboxylic acids is 1. The molecule has 0 radical (unpaired) electrons. The standard InChI is InChI=1S/C32H27ClN8O/c1-20-7-10-27-25(13-20)29(21-15-35-31(34)36-16-21)28-11-12-32(17-41(27)28,22-5-3-2-4-6-22)39-30(42)24-9-8-23(14-26(24)33)40-18-37-38-19-40/h2-10,13-16,18-19H,11-12,17H2,1H3,(H,39,42)(H2,34,35,36)/t32-/m1/s1. The van der Waals surface area contributed by atoms with Crippen LogP contribution in [-0.2, 0) is 18.5 Å². The summed E-state index contributed by atoms with van der Waals surface area (Å²) >= 11 is 6.67. The van der Waals surface area contributed by atoms with Crippen molar-refractivity contribution in [2.45, 2.75) is 31.8 Å². The lowest BCUT2D eigenvalue weighted by atomic mass is 9.81. The summed E-state index contributed by atoms with van der Waals surface area (Å²) in [6.45, 7) is 2.63. The highest BCUT2D eigenvalue weighted by Crippen LogP contribution is 2.43. The molecule has 3 aromatic heterocycles. The second kappa shape index (κ2) is 10.1. The Morgan fingerprint density at radius 2 is 1.76 bits per heavy atom. The Kier molecular flexibility index (Phi) is 6.24. The molecule has 3 N–H and O–H groups in total. The fourth-order valence-electron chi connectivity index (χ4n) is 6.07. The number of hydrogen-bond acceptors (Lipinski definition) is 6.